The molecule has 0 aliphatic rings. The van der Waals surface area contributed by atoms with Crippen LogP contribution in [0.15, 0.2) is 12.1 Å². The molecule has 0 amide bonds. The van der Waals surface area contributed by atoms with Gasteiger partial charge in [0.1, 0.15) is 11.3 Å². The number of halogens is 3. The van der Waals surface area contributed by atoms with Gasteiger partial charge in [-0.1, -0.05) is 13.8 Å². The molecule has 22 heavy (non-hydrogen) atoms. The van der Waals surface area contributed by atoms with E-state index in [1.54, 1.807) is 13.8 Å². The number of carboxylic acids is 2. The lowest BCUT2D eigenvalue weighted by Gasteiger charge is -2.13. The minimum atomic E-state index is -4.80. The minimum absolute atomic E-state index is 0.235. The summed E-state index contributed by atoms with van der Waals surface area (Å²) in [4.78, 5) is 22.3. The molecule has 0 saturated heterocycles. The lowest BCUT2D eigenvalue weighted by Crippen LogP contribution is -2.14. The molecule has 0 fully saturated rings. The fourth-order valence-electron chi connectivity index (χ4n) is 2.06. The van der Waals surface area contributed by atoms with Crippen LogP contribution in [0.1, 0.15) is 51.9 Å². The molecule has 2 aromatic rings. The molecule has 118 valence electrons. The van der Waals surface area contributed by atoms with E-state index in [0.29, 0.717) is 4.52 Å². The summed E-state index contributed by atoms with van der Waals surface area (Å²) in [7, 11) is 0. The molecule has 0 aliphatic heterocycles. The molecule has 0 bridgehead atoms. The number of pyridine rings is 1. The molecule has 2 aromatic heterocycles. The zero-order valence-electron chi connectivity index (χ0n) is 11.5. The molecule has 9 heteroatoms. The molecule has 0 aromatic carbocycles. The molecule has 6 nitrogen and oxygen atoms in total. The molecule has 0 radical (unpaired) electrons. The third-order valence-electron chi connectivity index (χ3n) is 3.13. The molecule has 0 saturated carbocycles. The topological polar surface area (TPSA) is 91.9 Å². The summed E-state index contributed by atoms with van der Waals surface area (Å²) in [5.74, 6) is -3.67. The summed E-state index contributed by atoms with van der Waals surface area (Å²) in [6.45, 7) is 3.28. The lowest BCUT2D eigenvalue weighted by molar-refractivity contribution is -0.142. The van der Waals surface area contributed by atoms with Crippen molar-refractivity contribution in [3.8, 4) is 0 Å². The van der Waals surface area contributed by atoms with Crippen LogP contribution < -0.4 is 0 Å². The Kier molecular flexibility index (Phi) is 3.59. The lowest BCUT2D eigenvalue weighted by atomic mass is 10.0. The fraction of sp³-hybridized carbons (Fsp3) is 0.308. The van der Waals surface area contributed by atoms with Crippen LogP contribution in [0, 0.1) is 0 Å². The molecule has 2 rings (SSSR count). The second kappa shape index (κ2) is 5.00. The number of carboxylic acid groups (broad SMARTS) is 2. The third-order valence-corrected chi connectivity index (χ3v) is 3.13. The maximum absolute atomic E-state index is 13.1. The maximum Gasteiger partial charge on any atom is 0.433 e. The van der Waals surface area contributed by atoms with Crippen LogP contribution in [-0.4, -0.2) is 31.8 Å². The average Bonchev–Trinajstić information content (AvgIpc) is 2.75. The van der Waals surface area contributed by atoms with Crippen molar-refractivity contribution in [2.24, 2.45) is 0 Å². The van der Waals surface area contributed by atoms with Crippen molar-refractivity contribution in [1.29, 1.82) is 0 Å². The number of rotatable bonds is 3. The number of carbonyl (C=O) groups is 2. The molecular weight excluding hydrogens is 305 g/mol. The number of alkyl halides is 3. The maximum atomic E-state index is 13.1. The quantitative estimate of drug-likeness (QED) is 0.908. The second-order valence-corrected chi connectivity index (χ2v) is 4.96. The largest absolute Gasteiger partial charge is 0.478 e. The minimum Gasteiger partial charge on any atom is -0.478 e. The number of hydrogen-bond donors (Lipinski definition) is 2. The molecule has 2 heterocycles. The molecule has 2 N–H and O–H groups in total. The van der Waals surface area contributed by atoms with Gasteiger partial charge in [0, 0.05) is 0 Å². The van der Waals surface area contributed by atoms with Crippen molar-refractivity contribution < 1.29 is 33.0 Å². The van der Waals surface area contributed by atoms with Gasteiger partial charge in [0.2, 0.25) is 0 Å². The van der Waals surface area contributed by atoms with Gasteiger partial charge in [-0.25, -0.2) is 14.1 Å². The van der Waals surface area contributed by atoms with Gasteiger partial charge in [-0.05, 0) is 23.6 Å². The number of aromatic nitrogens is 2. The molecule has 0 aliphatic carbocycles. The smallest absolute Gasteiger partial charge is 0.433 e. The first kappa shape index (κ1) is 15.8. The zero-order valence-corrected chi connectivity index (χ0v) is 11.5. The van der Waals surface area contributed by atoms with Crippen LogP contribution in [-0.2, 0) is 6.18 Å². The van der Waals surface area contributed by atoms with E-state index < -0.39 is 40.6 Å². The Bertz CT molecular complexity index is 778. The Morgan fingerprint density at radius 1 is 1.18 bits per heavy atom. The first-order chi connectivity index (χ1) is 10.0. The first-order valence-corrected chi connectivity index (χ1v) is 6.14. The number of nitrogens with zero attached hydrogens (tertiary/aromatic N) is 2. The highest BCUT2D eigenvalue weighted by Gasteiger charge is 2.37. The summed E-state index contributed by atoms with van der Waals surface area (Å²) in [6, 6.07) is 2.05. The molecule has 0 unspecified atom stereocenters. The predicted octanol–water partition coefficient (Wildman–Crippen LogP) is 2.87. The van der Waals surface area contributed by atoms with Crippen molar-refractivity contribution in [3.05, 3.63) is 34.6 Å². The highest BCUT2D eigenvalue weighted by Crippen LogP contribution is 2.33. The standard InChI is InChI=1S/C13H11F3N2O4/c1-5(2)6-3-7-9(11(19)20)10(12(21)22)17-18(7)8(4-6)13(14,15)16/h3-5H,1-2H3,(H,19,20)(H,21,22). The molecular formula is C13H11F3N2O4. The summed E-state index contributed by atoms with van der Waals surface area (Å²) in [6.07, 6.45) is -4.80. The van der Waals surface area contributed by atoms with E-state index >= 15 is 0 Å². The highest BCUT2D eigenvalue weighted by molar-refractivity contribution is 6.05. The van der Waals surface area contributed by atoms with Crippen LogP contribution in [0.25, 0.3) is 5.52 Å². The van der Waals surface area contributed by atoms with E-state index in [4.69, 9.17) is 10.2 Å². The Morgan fingerprint density at radius 2 is 1.77 bits per heavy atom. The van der Waals surface area contributed by atoms with Crippen LogP contribution in [0.5, 0.6) is 0 Å². The highest BCUT2D eigenvalue weighted by atomic mass is 19.4. The Balaban J connectivity index is 2.99. The van der Waals surface area contributed by atoms with Crippen LogP contribution in [0.2, 0.25) is 0 Å². The van der Waals surface area contributed by atoms with Gasteiger partial charge < -0.3 is 10.2 Å². The van der Waals surface area contributed by atoms with Crippen molar-refractivity contribution in [3.63, 3.8) is 0 Å². The van der Waals surface area contributed by atoms with E-state index in [1.165, 1.54) is 6.07 Å². The van der Waals surface area contributed by atoms with Gasteiger partial charge in [0.15, 0.2) is 5.69 Å². The van der Waals surface area contributed by atoms with Gasteiger partial charge in [0.05, 0.1) is 5.52 Å². The Hall–Kier alpha value is -2.58. The van der Waals surface area contributed by atoms with Crippen molar-refractivity contribution >= 4 is 17.5 Å². The summed E-state index contributed by atoms with van der Waals surface area (Å²) < 4.78 is 39.8. The summed E-state index contributed by atoms with van der Waals surface area (Å²) >= 11 is 0. The van der Waals surface area contributed by atoms with E-state index in [1.807, 2.05) is 0 Å². The normalized spacial score (nSPS) is 12.1. The van der Waals surface area contributed by atoms with Gasteiger partial charge >= 0.3 is 18.1 Å². The van der Waals surface area contributed by atoms with E-state index in [2.05, 4.69) is 5.10 Å². The van der Waals surface area contributed by atoms with E-state index in [0.717, 1.165) is 6.07 Å². The van der Waals surface area contributed by atoms with Gasteiger partial charge in [0.25, 0.3) is 0 Å². The van der Waals surface area contributed by atoms with Crippen LogP contribution in [0.4, 0.5) is 13.2 Å². The SMILES string of the molecule is CC(C)c1cc(C(F)(F)F)n2nc(C(=O)O)c(C(=O)O)c2c1. The Labute approximate surface area is 121 Å². The number of fused-ring (bicyclic) bond motifs is 1. The van der Waals surface area contributed by atoms with Gasteiger partial charge in [-0.15, -0.1) is 0 Å². The van der Waals surface area contributed by atoms with Crippen LogP contribution in [0.3, 0.4) is 0 Å². The van der Waals surface area contributed by atoms with Gasteiger partial charge in [-0.2, -0.15) is 18.3 Å². The molecule has 0 spiro atoms. The summed E-state index contributed by atoms with van der Waals surface area (Å²) in [5.41, 5.74) is -3.08. The first-order valence-electron chi connectivity index (χ1n) is 6.14. The predicted molar refractivity (Wildman–Crippen MR) is 68.2 cm³/mol. The van der Waals surface area contributed by atoms with Gasteiger partial charge in [-0.3, -0.25) is 0 Å². The van der Waals surface area contributed by atoms with Crippen molar-refractivity contribution in [1.82, 2.24) is 9.61 Å². The van der Waals surface area contributed by atoms with E-state index in [9.17, 15) is 22.8 Å². The number of aromatic carboxylic acids is 2. The monoisotopic (exact) mass is 316 g/mol. The number of hydrogen-bond acceptors (Lipinski definition) is 3. The van der Waals surface area contributed by atoms with Crippen molar-refractivity contribution in [2.75, 3.05) is 0 Å². The Morgan fingerprint density at radius 3 is 2.18 bits per heavy atom. The summed E-state index contributed by atoms with van der Waals surface area (Å²) in [5, 5.41) is 21.4. The molecule has 0 atom stereocenters. The fourth-order valence-corrected chi connectivity index (χ4v) is 2.06. The average molecular weight is 316 g/mol. The van der Waals surface area contributed by atoms with Crippen LogP contribution >= 0.6 is 0 Å². The third kappa shape index (κ3) is 2.49. The van der Waals surface area contributed by atoms with E-state index in [-0.39, 0.29) is 11.5 Å². The second-order valence-electron chi connectivity index (χ2n) is 4.96. The zero-order chi connectivity index (χ0) is 16.8. The van der Waals surface area contributed by atoms with Crippen molar-refractivity contribution in [2.45, 2.75) is 25.9 Å².